The third kappa shape index (κ3) is 5.62. The fourth-order valence-electron chi connectivity index (χ4n) is 7.63. The standard InChI is InChI=1S/C41H40N2O4/c44-37-19-17-31(27-29(37)15-21-39(46)42-23-7-1-8-24-42)41(35-13-5-3-11-33(35)34-12-4-6-14-36(34)41)32-18-20-38(45)30(28-32)16-22-40(47)43-25-9-2-10-26-43/h3-6,11-22,27-28,44-45H,1-2,7-10,23-26H2. The Labute approximate surface area is 276 Å². The Kier molecular flexibility index (Phi) is 8.42. The minimum atomic E-state index is -0.798. The average molecular weight is 625 g/mol. The SMILES string of the molecule is O=C(C=Cc1cc(C2(c3ccc(O)c(C=CC(=O)N4CCCCC4)c3)c3ccccc3-c3ccccc32)ccc1O)N1CCCCC1. The predicted octanol–water partition coefficient (Wildman–Crippen LogP) is 7.51. The van der Waals surface area contributed by atoms with Crippen molar-refractivity contribution in [1.29, 1.82) is 0 Å². The molecule has 1 aliphatic carbocycles. The second kappa shape index (κ2) is 13.0. The quantitative estimate of drug-likeness (QED) is 0.192. The van der Waals surface area contributed by atoms with Gasteiger partial charge >= 0.3 is 0 Å². The second-order valence-corrected chi connectivity index (χ2v) is 12.8. The van der Waals surface area contributed by atoms with Crippen LogP contribution < -0.4 is 0 Å². The number of hydrogen-bond donors (Lipinski definition) is 2. The number of amides is 2. The van der Waals surface area contributed by atoms with E-state index in [0.29, 0.717) is 11.1 Å². The van der Waals surface area contributed by atoms with E-state index in [-0.39, 0.29) is 23.3 Å². The smallest absolute Gasteiger partial charge is 0.246 e. The van der Waals surface area contributed by atoms with E-state index in [4.69, 9.17) is 0 Å². The number of aromatic hydroxyl groups is 2. The van der Waals surface area contributed by atoms with Crippen LogP contribution in [0.5, 0.6) is 11.5 Å². The lowest BCUT2D eigenvalue weighted by molar-refractivity contribution is -0.127. The van der Waals surface area contributed by atoms with Crippen molar-refractivity contribution in [3.05, 3.63) is 130 Å². The molecule has 0 spiro atoms. The summed E-state index contributed by atoms with van der Waals surface area (Å²) in [5.74, 6) is 0.0955. The van der Waals surface area contributed by atoms with Gasteiger partial charge in [-0.05, 0) is 108 Å². The molecule has 4 aromatic rings. The number of benzene rings is 4. The van der Waals surface area contributed by atoms with Gasteiger partial charge in [-0.25, -0.2) is 0 Å². The van der Waals surface area contributed by atoms with Gasteiger partial charge in [0.25, 0.3) is 0 Å². The van der Waals surface area contributed by atoms with E-state index in [1.807, 2.05) is 58.3 Å². The fraction of sp³-hybridized carbons (Fsp3) is 0.268. The number of carbonyl (C=O) groups excluding carboxylic acids is 2. The third-order valence-corrected chi connectivity index (χ3v) is 10.0. The molecule has 2 amide bonds. The predicted molar refractivity (Wildman–Crippen MR) is 186 cm³/mol. The van der Waals surface area contributed by atoms with Crippen LogP contribution in [0.2, 0.25) is 0 Å². The van der Waals surface area contributed by atoms with Crippen molar-refractivity contribution in [2.24, 2.45) is 0 Å². The summed E-state index contributed by atoms with van der Waals surface area (Å²) in [5.41, 5.74) is 6.53. The summed E-state index contributed by atoms with van der Waals surface area (Å²) in [6, 6.07) is 27.9. The van der Waals surface area contributed by atoms with Crippen LogP contribution in [-0.2, 0) is 15.0 Å². The molecule has 0 saturated carbocycles. The molecule has 47 heavy (non-hydrogen) atoms. The molecule has 0 aromatic heterocycles. The molecule has 7 rings (SSSR count). The first kappa shape index (κ1) is 30.5. The van der Waals surface area contributed by atoms with Crippen molar-refractivity contribution in [2.75, 3.05) is 26.2 Å². The van der Waals surface area contributed by atoms with E-state index in [9.17, 15) is 19.8 Å². The van der Waals surface area contributed by atoms with Crippen LogP contribution in [0.25, 0.3) is 23.3 Å². The van der Waals surface area contributed by atoms with Crippen LogP contribution in [0, 0.1) is 0 Å². The first-order chi connectivity index (χ1) is 23.0. The molecule has 2 heterocycles. The maximum Gasteiger partial charge on any atom is 0.246 e. The zero-order valence-corrected chi connectivity index (χ0v) is 26.6. The highest BCUT2D eigenvalue weighted by molar-refractivity contribution is 5.93. The summed E-state index contributed by atoms with van der Waals surface area (Å²) in [4.78, 5) is 29.8. The molecule has 2 fully saturated rings. The van der Waals surface area contributed by atoms with Gasteiger partial charge in [0.2, 0.25) is 11.8 Å². The van der Waals surface area contributed by atoms with Crippen molar-refractivity contribution in [3.8, 4) is 22.6 Å². The molecule has 2 saturated heterocycles. The van der Waals surface area contributed by atoms with Crippen LogP contribution in [0.4, 0.5) is 0 Å². The molecule has 6 nitrogen and oxygen atoms in total. The maximum atomic E-state index is 13.0. The Morgan fingerprint density at radius 3 is 1.38 bits per heavy atom. The maximum absolute atomic E-state index is 13.0. The summed E-state index contributed by atoms with van der Waals surface area (Å²) in [6.45, 7) is 3.03. The molecule has 0 bridgehead atoms. The van der Waals surface area contributed by atoms with Gasteiger partial charge < -0.3 is 20.0 Å². The Bertz CT molecular complexity index is 1740. The number of phenolic OH excluding ortho intramolecular Hbond substituents is 2. The Balaban J connectivity index is 1.36. The molecule has 0 atom stereocenters. The molecule has 2 aliphatic heterocycles. The number of hydrogen-bond acceptors (Lipinski definition) is 4. The second-order valence-electron chi connectivity index (χ2n) is 12.8. The molecule has 3 aliphatic rings. The molecular weight excluding hydrogens is 584 g/mol. The largest absolute Gasteiger partial charge is 0.507 e. The van der Waals surface area contributed by atoms with Crippen LogP contribution in [0.15, 0.2) is 97.1 Å². The molecule has 0 unspecified atom stereocenters. The number of piperidine rings is 2. The van der Waals surface area contributed by atoms with E-state index < -0.39 is 5.41 Å². The first-order valence-electron chi connectivity index (χ1n) is 16.8. The van der Waals surface area contributed by atoms with Crippen molar-refractivity contribution < 1.29 is 19.8 Å². The number of likely N-dealkylation sites (tertiary alicyclic amines) is 2. The van der Waals surface area contributed by atoms with Gasteiger partial charge in [0.15, 0.2) is 0 Å². The van der Waals surface area contributed by atoms with Gasteiger partial charge in [0.1, 0.15) is 11.5 Å². The number of phenols is 2. The summed E-state index contributed by atoms with van der Waals surface area (Å²) < 4.78 is 0. The Morgan fingerprint density at radius 2 is 0.957 bits per heavy atom. The highest BCUT2D eigenvalue weighted by Gasteiger charge is 2.46. The zero-order chi connectivity index (χ0) is 32.4. The molecule has 2 N–H and O–H groups in total. The number of carbonyl (C=O) groups is 2. The molecular formula is C41H40N2O4. The van der Waals surface area contributed by atoms with Gasteiger partial charge in [-0.15, -0.1) is 0 Å². The lowest BCUT2D eigenvalue weighted by atomic mass is 9.67. The lowest BCUT2D eigenvalue weighted by Crippen LogP contribution is -2.34. The monoisotopic (exact) mass is 624 g/mol. The fourth-order valence-corrected chi connectivity index (χ4v) is 7.63. The minimum Gasteiger partial charge on any atom is -0.507 e. The van der Waals surface area contributed by atoms with E-state index in [1.165, 1.54) is 0 Å². The normalized spacial score (nSPS) is 17.2. The van der Waals surface area contributed by atoms with Gasteiger partial charge in [0, 0.05) is 49.5 Å². The van der Waals surface area contributed by atoms with E-state index >= 15 is 0 Å². The average Bonchev–Trinajstić information content (AvgIpc) is 3.42. The van der Waals surface area contributed by atoms with Gasteiger partial charge in [-0.1, -0.05) is 60.7 Å². The molecule has 0 radical (unpaired) electrons. The topological polar surface area (TPSA) is 81.1 Å². The van der Waals surface area contributed by atoms with Crippen LogP contribution >= 0.6 is 0 Å². The van der Waals surface area contributed by atoms with Crippen molar-refractivity contribution in [3.63, 3.8) is 0 Å². The van der Waals surface area contributed by atoms with Crippen molar-refractivity contribution in [1.82, 2.24) is 9.80 Å². The van der Waals surface area contributed by atoms with Gasteiger partial charge in [0.05, 0.1) is 5.41 Å². The Morgan fingerprint density at radius 1 is 0.553 bits per heavy atom. The first-order valence-corrected chi connectivity index (χ1v) is 16.8. The van der Waals surface area contributed by atoms with Gasteiger partial charge in [-0.2, -0.15) is 0 Å². The van der Waals surface area contributed by atoms with E-state index in [2.05, 4.69) is 24.3 Å². The summed E-state index contributed by atoms with van der Waals surface area (Å²) in [5, 5.41) is 22.0. The third-order valence-electron chi connectivity index (χ3n) is 10.0. The highest BCUT2D eigenvalue weighted by Crippen LogP contribution is 2.56. The van der Waals surface area contributed by atoms with Crippen molar-refractivity contribution in [2.45, 2.75) is 43.9 Å². The summed E-state index contributed by atoms with van der Waals surface area (Å²) in [7, 11) is 0. The number of nitrogens with zero attached hydrogens (tertiary/aromatic N) is 2. The highest BCUT2D eigenvalue weighted by atomic mass is 16.3. The summed E-state index contributed by atoms with van der Waals surface area (Å²) in [6.07, 6.45) is 12.9. The Hall–Kier alpha value is -5.10. The van der Waals surface area contributed by atoms with Crippen LogP contribution in [0.3, 0.4) is 0 Å². The molecule has 4 aromatic carbocycles. The molecule has 238 valence electrons. The molecule has 6 heteroatoms. The number of rotatable bonds is 6. The van der Waals surface area contributed by atoms with Crippen molar-refractivity contribution >= 4 is 24.0 Å². The van der Waals surface area contributed by atoms with Crippen LogP contribution in [0.1, 0.15) is 71.9 Å². The lowest BCUT2D eigenvalue weighted by Gasteiger charge is -2.34. The number of fused-ring (bicyclic) bond motifs is 3. The zero-order valence-electron chi connectivity index (χ0n) is 26.6. The van der Waals surface area contributed by atoms with E-state index in [1.54, 1.807) is 36.4 Å². The van der Waals surface area contributed by atoms with E-state index in [0.717, 1.165) is 98.1 Å². The minimum absolute atomic E-state index is 0.0464. The van der Waals surface area contributed by atoms with Crippen LogP contribution in [-0.4, -0.2) is 58.0 Å². The van der Waals surface area contributed by atoms with Gasteiger partial charge in [-0.3, -0.25) is 9.59 Å². The summed E-state index contributed by atoms with van der Waals surface area (Å²) >= 11 is 0.